The number of carbonyl (C=O) groups is 1. The Hall–Kier alpha value is -2.28. The molecule has 0 radical (unpaired) electrons. The Morgan fingerprint density at radius 3 is 3.09 bits per heavy atom. The van der Waals surface area contributed by atoms with Crippen molar-refractivity contribution in [3.05, 3.63) is 42.5 Å². The number of pyridine rings is 1. The molecule has 3 rings (SSSR count). The molecule has 2 atom stereocenters. The summed E-state index contributed by atoms with van der Waals surface area (Å²) in [6.45, 7) is 0.588. The second-order valence-electron chi connectivity index (χ2n) is 5.28. The molecule has 22 heavy (non-hydrogen) atoms. The lowest BCUT2D eigenvalue weighted by Crippen LogP contribution is -2.34. The lowest BCUT2D eigenvalue weighted by atomic mass is 9.92. The predicted octanol–water partition coefficient (Wildman–Crippen LogP) is 2.06. The number of carbonyl (C=O) groups excluding carboxylic acids is 1. The van der Waals surface area contributed by atoms with Crippen LogP contribution in [0.5, 0.6) is 0 Å². The van der Waals surface area contributed by atoms with Gasteiger partial charge in [-0.1, -0.05) is 0 Å². The number of hydrogen-bond donors (Lipinski definition) is 1. The molecule has 1 amide bonds. The number of aromatic nitrogens is 3. The fraction of sp³-hybridized carbons (Fsp3) is 0.400. The average molecular weight is 304 g/mol. The van der Waals surface area contributed by atoms with Gasteiger partial charge in [0.05, 0.1) is 17.8 Å². The maximum atomic E-state index is 13.6. The van der Waals surface area contributed by atoms with E-state index in [4.69, 9.17) is 4.74 Å². The van der Waals surface area contributed by atoms with E-state index in [2.05, 4.69) is 15.3 Å². The fourth-order valence-electron chi connectivity index (χ4n) is 2.66. The Kier molecular flexibility index (Phi) is 4.15. The summed E-state index contributed by atoms with van der Waals surface area (Å²) in [4.78, 5) is 20.5. The molecule has 116 valence electrons. The van der Waals surface area contributed by atoms with Crippen LogP contribution in [0.3, 0.4) is 0 Å². The summed E-state index contributed by atoms with van der Waals surface area (Å²) < 4.78 is 21.2. The van der Waals surface area contributed by atoms with Gasteiger partial charge in [-0.25, -0.2) is 9.37 Å². The first-order valence-electron chi connectivity index (χ1n) is 7.16. The molecular formula is C15H17FN4O2. The highest BCUT2D eigenvalue weighted by atomic mass is 19.1. The van der Waals surface area contributed by atoms with Crippen molar-refractivity contribution in [3.8, 4) is 0 Å². The van der Waals surface area contributed by atoms with Crippen LogP contribution in [0.15, 0.2) is 30.9 Å². The third-order valence-electron chi connectivity index (χ3n) is 3.80. The molecule has 2 aromatic rings. The van der Waals surface area contributed by atoms with Crippen LogP contribution in [-0.2, 0) is 16.6 Å². The summed E-state index contributed by atoms with van der Waals surface area (Å²) in [5, 5.41) is 2.62. The van der Waals surface area contributed by atoms with E-state index in [9.17, 15) is 9.18 Å². The topological polar surface area (TPSA) is 69.0 Å². The van der Waals surface area contributed by atoms with Crippen LogP contribution in [-0.4, -0.2) is 27.0 Å². The molecule has 1 fully saturated rings. The summed E-state index contributed by atoms with van der Waals surface area (Å²) >= 11 is 0. The summed E-state index contributed by atoms with van der Waals surface area (Å²) in [6.07, 6.45) is 7.04. The number of amides is 1. The Balaban J connectivity index is 1.80. The number of hydrogen-bond acceptors (Lipinski definition) is 4. The molecule has 6 nitrogen and oxygen atoms in total. The number of anilines is 1. The maximum absolute atomic E-state index is 13.6. The Morgan fingerprint density at radius 1 is 1.50 bits per heavy atom. The zero-order valence-electron chi connectivity index (χ0n) is 12.2. The van der Waals surface area contributed by atoms with Crippen molar-refractivity contribution in [1.82, 2.24) is 14.5 Å². The van der Waals surface area contributed by atoms with Crippen LogP contribution in [0, 0.1) is 11.7 Å². The Labute approximate surface area is 127 Å². The second-order valence-corrected chi connectivity index (χ2v) is 5.28. The molecule has 0 saturated carbocycles. The van der Waals surface area contributed by atoms with Crippen molar-refractivity contribution < 1.29 is 13.9 Å². The van der Waals surface area contributed by atoms with E-state index >= 15 is 0 Å². The summed E-state index contributed by atoms with van der Waals surface area (Å²) in [7, 11) is 1.86. The molecule has 0 bridgehead atoms. The van der Waals surface area contributed by atoms with E-state index < -0.39 is 17.8 Å². The lowest BCUT2D eigenvalue weighted by Gasteiger charge is -2.30. The Bertz CT molecular complexity index is 673. The number of rotatable bonds is 3. The molecule has 2 aromatic heterocycles. The SMILES string of the molecule is Cn1ccnc1[C@@H]1OCCC[C@H]1C(=O)Nc1ccncc1F. The molecule has 1 saturated heterocycles. The number of ether oxygens (including phenoxy) is 1. The van der Waals surface area contributed by atoms with Gasteiger partial charge in [0.1, 0.15) is 11.9 Å². The maximum Gasteiger partial charge on any atom is 0.230 e. The molecule has 0 aromatic carbocycles. The number of nitrogens with one attached hydrogen (secondary N) is 1. The van der Waals surface area contributed by atoms with Crippen LogP contribution in [0.1, 0.15) is 24.8 Å². The smallest absolute Gasteiger partial charge is 0.230 e. The van der Waals surface area contributed by atoms with Gasteiger partial charge in [-0.05, 0) is 18.9 Å². The number of nitrogens with zero attached hydrogens (tertiary/aromatic N) is 3. The fourth-order valence-corrected chi connectivity index (χ4v) is 2.66. The third-order valence-corrected chi connectivity index (χ3v) is 3.80. The van der Waals surface area contributed by atoms with Crippen LogP contribution in [0.25, 0.3) is 0 Å². The van der Waals surface area contributed by atoms with Gasteiger partial charge in [0.15, 0.2) is 5.82 Å². The molecule has 3 heterocycles. The summed E-state index contributed by atoms with van der Waals surface area (Å²) in [5.41, 5.74) is 0.129. The minimum absolute atomic E-state index is 0.129. The van der Waals surface area contributed by atoms with Crippen LogP contribution < -0.4 is 5.32 Å². The van der Waals surface area contributed by atoms with E-state index in [0.29, 0.717) is 18.9 Å². The number of aryl methyl sites for hydroxylation is 1. The quantitative estimate of drug-likeness (QED) is 0.942. The van der Waals surface area contributed by atoms with Crippen molar-refractivity contribution in [3.63, 3.8) is 0 Å². The van der Waals surface area contributed by atoms with E-state index in [1.54, 1.807) is 6.20 Å². The second kappa shape index (κ2) is 6.23. The number of halogens is 1. The summed E-state index contributed by atoms with van der Waals surface area (Å²) in [5.74, 6) is -0.517. The zero-order valence-corrected chi connectivity index (χ0v) is 12.2. The standard InChI is InChI=1S/C15H17FN4O2/c1-20-7-6-18-14(20)13-10(3-2-8-22-13)15(21)19-12-4-5-17-9-11(12)16/h4-7,9-10,13H,2-3,8H2,1H3,(H,17,19,21)/t10-,13-/m1/s1. The van der Waals surface area contributed by atoms with Gasteiger partial charge in [-0.15, -0.1) is 0 Å². The molecular weight excluding hydrogens is 287 g/mol. The first-order valence-corrected chi connectivity index (χ1v) is 7.16. The van der Waals surface area contributed by atoms with Crippen LogP contribution in [0.2, 0.25) is 0 Å². The highest BCUT2D eigenvalue weighted by Gasteiger charge is 2.35. The molecule has 0 aliphatic carbocycles. The first-order chi connectivity index (χ1) is 10.7. The zero-order chi connectivity index (χ0) is 15.5. The van der Waals surface area contributed by atoms with Gasteiger partial charge in [-0.2, -0.15) is 0 Å². The van der Waals surface area contributed by atoms with Crippen LogP contribution >= 0.6 is 0 Å². The van der Waals surface area contributed by atoms with E-state index in [1.165, 1.54) is 12.3 Å². The van der Waals surface area contributed by atoms with Crippen molar-refractivity contribution in [2.75, 3.05) is 11.9 Å². The monoisotopic (exact) mass is 304 g/mol. The normalized spacial score (nSPS) is 21.5. The molecule has 0 unspecified atom stereocenters. The van der Waals surface area contributed by atoms with Crippen LogP contribution in [0.4, 0.5) is 10.1 Å². The predicted molar refractivity (Wildman–Crippen MR) is 77.4 cm³/mol. The van der Waals surface area contributed by atoms with Crippen molar-refractivity contribution in [2.24, 2.45) is 13.0 Å². The number of imidazole rings is 1. The van der Waals surface area contributed by atoms with Gasteiger partial charge in [-0.3, -0.25) is 9.78 Å². The minimum Gasteiger partial charge on any atom is -0.369 e. The molecule has 1 N–H and O–H groups in total. The molecule has 1 aliphatic heterocycles. The Morgan fingerprint density at radius 2 is 2.36 bits per heavy atom. The molecule has 7 heteroatoms. The van der Waals surface area contributed by atoms with Gasteiger partial charge in [0.2, 0.25) is 5.91 Å². The van der Waals surface area contributed by atoms with Crippen molar-refractivity contribution in [1.29, 1.82) is 0 Å². The minimum atomic E-state index is -0.555. The van der Waals surface area contributed by atoms with E-state index in [1.807, 2.05) is 17.8 Å². The third kappa shape index (κ3) is 2.85. The van der Waals surface area contributed by atoms with Gasteiger partial charge in [0, 0.05) is 32.2 Å². The summed E-state index contributed by atoms with van der Waals surface area (Å²) in [6, 6.07) is 1.44. The molecule has 1 aliphatic rings. The highest BCUT2D eigenvalue weighted by molar-refractivity contribution is 5.93. The van der Waals surface area contributed by atoms with E-state index in [-0.39, 0.29) is 11.6 Å². The van der Waals surface area contributed by atoms with E-state index in [0.717, 1.165) is 12.6 Å². The van der Waals surface area contributed by atoms with Gasteiger partial charge in [0.25, 0.3) is 0 Å². The lowest BCUT2D eigenvalue weighted by molar-refractivity contribution is -0.130. The van der Waals surface area contributed by atoms with Crippen molar-refractivity contribution >= 4 is 11.6 Å². The van der Waals surface area contributed by atoms with Crippen molar-refractivity contribution in [2.45, 2.75) is 18.9 Å². The molecule has 0 spiro atoms. The highest BCUT2D eigenvalue weighted by Crippen LogP contribution is 2.33. The van der Waals surface area contributed by atoms with Gasteiger partial charge >= 0.3 is 0 Å². The first kappa shape index (κ1) is 14.6. The van der Waals surface area contributed by atoms with Gasteiger partial charge < -0.3 is 14.6 Å². The average Bonchev–Trinajstić information content (AvgIpc) is 2.95. The largest absolute Gasteiger partial charge is 0.369 e.